The van der Waals surface area contributed by atoms with E-state index in [-0.39, 0.29) is 12.3 Å². The maximum absolute atomic E-state index is 13.4. The standard InChI is InChI=1S/C23H26N4O3/c1-5-6-7-20-16(3)27(14-19-13-24-26(4)22(19)25-20)23(30)18-9-8-17(15(2)12-18)10-11-21(28)29/h5-9,12-13,25H,3,10-11,14H2,1-2,4H3,(H,28,29)/b6-5-,20-7+. The van der Waals surface area contributed by atoms with Crippen LogP contribution in [0, 0.1) is 6.92 Å². The number of amides is 1. The second-order valence-electron chi connectivity index (χ2n) is 7.25. The summed E-state index contributed by atoms with van der Waals surface area (Å²) in [6.45, 7) is 8.32. The first-order chi connectivity index (χ1) is 14.3. The first-order valence-corrected chi connectivity index (χ1v) is 9.75. The number of aryl methyl sites for hydroxylation is 3. The van der Waals surface area contributed by atoms with Crippen molar-refractivity contribution in [3.63, 3.8) is 0 Å². The molecule has 0 aliphatic carbocycles. The second-order valence-corrected chi connectivity index (χ2v) is 7.25. The van der Waals surface area contributed by atoms with Crippen LogP contribution in [0.2, 0.25) is 0 Å². The third kappa shape index (κ3) is 4.35. The number of fused-ring (bicyclic) bond motifs is 1. The molecule has 0 spiro atoms. The lowest BCUT2D eigenvalue weighted by molar-refractivity contribution is -0.136. The maximum Gasteiger partial charge on any atom is 0.303 e. The topological polar surface area (TPSA) is 87.5 Å². The van der Waals surface area contributed by atoms with Gasteiger partial charge in [-0.3, -0.25) is 14.3 Å². The van der Waals surface area contributed by atoms with Crippen molar-refractivity contribution in [2.24, 2.45) is 7.05 Å². The van der Waals surface area contributed by atoms with Crippen molar-refractivity contribution in [2.45, 2.75) is 33.2 Å². The lowest BCUT2D eigenvalue weighted by Gasteiger charge is -2.24. The molecule has 7 nitrogen and oxygen atoms in total. The number of carbonyl (C=O) groups is 2. The van der Waals surface area contributed by atoms with Crippen LogP contribution in [0.1, 0.15) is 40.4 Å². The summed E-state index contributed by atoms with van der Waals surface area (Å²) >= 11 is 0. The average Bonchev–Trinajstić information content (AvgIpc) is 2.98. The highest BCUT2D eigenvalue weighted by molar-refractivity contribution is 5.96. The molecule has 0 unspecified atom stereocenters. The Kier molecular flexibility index (Phi) is 6.20. The number of nitrogens with zero attached hydrogens (tertiary/aromatic N) is 3. The first kappa shape index (κ1) is 21.1. The van der Waals surface area contributed by atoms with E-state index in [0.717, 1.165) is 28.2 Å². The van der Waals surface area contributed by atoms with E-state index in [4.69, 9.17) is 5.11 Å². The minimum Gasteiger partial charge on any atom is -0.481 e. The molecular formula is C23H26N4O3. The van der Waals surface area contributed by atoms with Gasteiger partial charge in [0.2, 0.25) is 0 Å². The van der Waals surface area contributed by atoms with Crippen molar-refractivity contribution in [2.75, 3.05) is 5.32 Å². The minimum atomic E-state index is -0.837. The number of nitrogens with one attached hydrogen (secondary N) is 1. The van der Waals surface area contributed by atoms with Gasteiger partial charge < -0.3 is 15.3 Å². The number of aliphatic carboxylic acids is 1. The lowest BCUT2D eigenvalue weighted by Crippen LogP contribution is -2.30. The fourth-order valence-electron chi connectivity index (χ4n) is 3.40. The highest BCUT2D eigenvalue weighted by atomic mass is 16.4. The lowest BCUT2D eigenvalue weighted by atomic mass is 10.0. The molecule has 0 radical (unpaired) electrons. The third-order valence-corrected chi connectivity index (χ3v) is 5.13. The van der Waals surface area contributed by atoms with E-state index in [9.17, 15) is 9.59 Å². The molecule has 1 aromatic heterocycles. The van der Waals surface area contributed by atoms with Gasteiger partial charge in [0.1, 0.15) is 5.82 Å². The molecule has 0 saturated carbocycles. The van der Waals surface area contributed by atoms with Gasteiger partial charge in [0.25, 0.3) is 5.91 Å². The molecule has 30 heavy (non-hydrogen) atoms. The van der Waals surface area contributed by atoms with Gasteiger partial charge >= 0.3 is 5.97 Å². The largest absolute Gasteiger partial charge is 0.481 e. The number of rotatable bonds is 5. The molecule has 156 valence electrons. The zero-order valence-electron chi connectivity index (χ0n) is 17.5. The number of anilines is 1. The summed E-state index contributed by atoms with van der Waals surface area (Å²) in [4.78, 5) is 25.9. The Bertz CT molecular complexity index is 1060. The van der Waals surface area contributed by atoms with Crippen molar-refractivity contribution in [1.29, 1.82) is 0 Å². The van der Waals surface area contributed by atoms with Crippen molar-refractivity contribution in [3.05, 3.63) is 82.9 Å². The van der Waals surface area contributed by atoms with E-state index < -0.39 is 5.97 Å². The molecule has 0 fully saturated rings. The number of allylic oxidation sites excluding steroid dienone is 3. The maximum atomic E-state index is 13.4. The summed E-state index contributed by atoms with van der Waals surface area (Å²) in [6, 6.07) is 5.39. The van der Waals surface area contributed by atoms with Crippen molar-refractivity contribution >= 4 is 17.7 Å². The zero-order chi connectivity index (χ0) is 21.8. The van der Waals surface area contributed by atoms with Crippen LogP contribution in [0.15, 0.2) is 60.6 Å². The Morgan fingerprint density at radius 1 is 1.37 bits per heavy atom. The van der Waals surface area contributed by atoms with Crippen LogP contribution in [0.4, 0.5) is 5.82 Å². The van der Waals surface area contributed by atoms with E-state index in [1.807, 2.05) is 51.3 Å². The molecule has 0 saturated heterocycles. The van der Waals surface area contributed by atoms with Gasteiger partial charge in [-0.1, -0.05) is 24.8 Å². The molecule has 1 aliphatic rings. The van der Waals surface area contributed by atoms with Gasteiger partial charge in [-0.2, -0.15) is 5.10 Å². The minimum absolute atomic E-state index is 0.0611. The number of carbonyl (C=O) groups excluding carboxylic acids is 1. The predicted molar refractivity (Wildman–Crippen MR) is 116 cm³/mol. The smallest absolute Gasteiger partial charge is 0.303 e. The number of hydrogen-bond acceptors (Lipinski definition) is 4. The Hall–Kier alpha value is -3.61. The molecule has 1 aromatic carbocycles. The zero-order valence-corrected chi connectivity index (χ0v) is 17.5. The summed E-state index contributed by atoms with van der Waals surface area (Å²) in [5.74, 6) is -0.184. The predicted octanol–water partition coefficient (Wildman–Crippen LogP) is 3.79. The van der Waals surface area contributed by atoms with Gasteiger partial charge in [-0.05, 0) is 49.6 Å². The van der Waals surface area contributed by atoms with E-state index in [2.05, 4.69) is 17.0 Å². The van der Waals surface area contributed by atoms with Crippen molar-refractivity contribution in [1.82, 2.24) is 14.7 Å². The Morgan fingerprint density at radius 3 is 2.80 bits per heavy atom. The van der Waals surface area contributed by atoms with Gasteiger partial charge in [0.15, 0.2) is 0 Å². The number of benzene rings is 1. The molecule has 1 amide bonds. The monoisotopic (exact) mass is 406 g/mol. The fourth-order valence-corrected chi connectivity index (χ4v) is 3.40. The van der Waals surface area contributed by atoms with Crippen LogP contribution in [-0.4, -0.2) is 31.7 Å². The molecule has 0 bridgehead atoms. The summed E-state index contributed by atoms with van der Waals surface area (Å²) < 4.78 is 1.74. The van der Waals surface area contributed by atoms with E-state index >= 15 is 0 Å². The van der Waals surface area contributed by atoms with E-state index in [0.29, 0.717) is 24.2 Å². The Balaban J connectivity index is 1.94. The highest BCUT2D eigenvalue weighted by Gasteiger charge is 2.27. The molecule has 0 atom stereocenters. The molecule has 2 heterocycles. The summed E-state index contributed by atoms with van der Waals surface area (Å²) in [5, 5.41) is 16.5. The molecule has 3 rings (SSSR count). The van der Waals surface area contributed by atoms with Crippen molar-refractivity contribution in [3.8, 4) is 0 Å². The number of hydrogen-bond donors (Lipinski definition) is 2. The Morgan fingerprint density at radius 2 is 2.13 bits per heavy atom. The molecule has 2 N–H and O–H groups in total. The molecule has 7 heteroatoms. The molecule has 1 aliphatic heterocycles. The van der Waals surface area contributed by atoms with E-state index in [1.165, 1.54) is 0 Å². The second kappa shape index (κ2) is 8.82. The van der Waals surface area contributed by atoms with Gasteiger partial charge in [0, 0.05) is 24.6 Å². The summed E-state index contributed by atoms with van der Waals surface area (Å²) in [5.41, 5.74) is 4.54. The highest BCUT2D eigenvalue weighted by Crippen LogP contribution is 2.30. The average molecular weight is 406 g/mol. The van der Waals surface area contributed by atoms with Crippen LogP contribution in [0.3, 0.4) is 0 Å². The molecular weight excluding hydrogens is 380 g/mol. The molecule has 2 aromatic rings. The fraction of sp³-hybridized carbons (Fsp3) is 0.261. The Labute approximate surface area is 176 Å². The summed E-state index contributed by atoms with van der Waals surface area (Å²) in [6.07, 6.45) is 7.91. The normalized spacial score (nSPS) is 15.2. The summed E-state index contributed by atoms with van der Waals surface area (Å²) in [7, 11) is 1.85. The first-order valence-electron chi connectivity index (χ1n) is 9.75. The van der Waals surface area contributed by atoms with Gasteiger partial charge in [-0.15, -0.1) is 0 Å². The van der Waals surface area contributed by atoms with Crippen LogP contribution in [-0.2, 0) is 24.8 Å². The van der Waals surface area contributed by atoms with Crippen LogP contribution in [0.5, 0.6) is 0 Å². The SMILES string of the molecule is C=C1/C(=C\C=C/C)Nc2c(cnn2C)CN1C(=O)c1ccc(CCC(=O)O)c(C)c1. The van der Waals surface area contributed by atoms with Crippen molar-refractivity contribution < 1.29 is 14.7 Å². The number of carboxylic acids is 1. The van der Waals surface area contributed by atoms with Gasteiger partial charge in [0.05, 0.1) is 24.1 Å². The van der Waals surface area contributed by atoms with Crippen LogP contribution in [0.25, 0.3) is 0 Å². The number of carboxylic acid groups (broad SMARTS) is 1. The number of aromatic nitrogens is 2. The van der Waals surface area contributed by atoms with Gasteiger partial charge in [-0.25, -0.2) is 0 Å². The third-order valence-electron chi connectivity index (χ3n) is 5.13. The van der Waals surface area contributed by atoms with E-state index in [1.54, 1.807) is 21.8 Å². The van der Waals surface area contributed by atoms with Crippen LogP contribution < -0.4 is 5.32 Å². The quantitative estimate of drug-likeness (QED) is 0.789. The van der Waals surface area contributed by atoms with Crippen LogP contribution >= 0.6 is 0 Å².